The summed E-state index contributed by atoms with van der Waals surface area (Å²) in [4.78, 5) is 133. The number of aliphatic carboxylic acids is 1. The van der Waals surface area contributed by atoms with Gasteiger partial charge < -0.3 is 128 Å². The van der Waals surface area contributed by atoms with Gasteiger partial charge in [-0.25, -0.2) is 22.7 Å². The van der Waals surface area contributed by atoms with E-state index in [-0.39, 0.29) is 98.3 Å². The van der Waals surface area contributed by atoms with Crippen LogP contribution in [0.1, 0.15) is 186 Å². The molecule has 3 fully saturated rings. The first-order chi connectivity index (χ1) is 60.4. The number of phenolic OH excluding ortho intramolecular Hbond substituents is 2. The van der Waals surface area contributed by atoms with Gasteiger partial charge in [0.1, 0.15) is 83.7 Å². The first-order valence-electron chi connectivity index (χ1n) is 42.3. The van der Waals surface area contributed by atoms with Crippen molar-refractivity contribution in [2.75, 3.05) is 26.7 Å². The zero-order chi connectivity index (χ0) is 91.8. The molecule has 0 aromatic heterocycles. The van der Waals surface area contributed by atoms with Crippen molar-refractivity contribution < 1.29 is 126 Å². The molecule has 8 amide bonds. The Kier molecular flexibility index (Phi) is 30.8. The molecule has 0 unspecified atom stereocenters. The topological polar surface area (TPSA) is 561 Å². The number of nitrogens with two attached hydrogens (primary N) is 1. The van der Waals surface area contributed by atoms with E-state index in [0.29, 0.717) is 32.2 Å². The predicted octanol–water partition coefficient (Wildman–Crippen LogP) is 4.90. The summed E-state index contributed by atoms with van der Waals surface area (Å²) < 4.78 is 74.0. The van der Waals surface area contributed by atoms with Crippen LogP contribution in [0.15, 0.2) is 102 Å². The number of hydrogen-bond donors (Lipinski definition) is 19. The molecule has 6 aromatic carbocycles. The number of aryl methyl sites for hydroxylation is 2. The van der Waals surface area contributed by atoms with Crippen LogP contribution in [-0.2, 0) is 80.3 Å². The number of sulfonamides is 1. The SMILES string of the molecule is CCCCCCc1ccc(S(=O)(=O)NCCCCCCNCc2c(O)cc3c(c2C)-c2cc(ccc2O)[C@H]2NC(=O)[C@@H]4NC(=O)[C@H](CC(N)=O)NC(=O)[C@H](NC(=O)[C@@H](CC(C)C)NC)[C@H](O)c5ccc(c(C)c5)Oc5cc4cc(c5O[C@@H]4O[C@H](CO)[C@@H](O)[C@H](O)[C@H]4O[C@H]4C[C@]5(C)NC(=O)O[C@@H]5[C@H](C)O4)Oc4ccc(cc4Cl)[C@@H](O)[C@H](NC2=O)C(=O)N[C@@H]3C(=O)O)cc1. The molecule has 0 spiro atoms. The van der Waals surface area contributed by atoms with Crippen molar-refractivity contribution in [3.63, 3.8) is 0 Å². The van der Waals surface area contributed by atoms with Crippen LogP contribution in [0.4, 0.5) is 4.79 Å². The molecule has 18 atom stereocenters. The molecule has 0 saturated carbocycles. The molecule has 0 radical (unpaired) electrons. The van der Waals surface area contributed by atoms with Crippen LogP contribution in [0.25, 0.3) is 11.1 Å². The summed E-state index contributed by atoms with van der Waals surface area (Å²) in [5, 5.41) is 119. The number of fused-ring (bicyclic) bond motifs is 16. The lowest BCUT2D eigenvalue weighted by molar-refractivity contribution is -0.332. The Hall–Kier alpha value is -10.9. The number of aromatic hydroxyl groups is 2. The average Bonchev–Trinajstić information content (AvgIpc) is 1.68. The van der Waals surface area contributed by atoms with Crippen LogP contribution in [0.3, 0.4) is 0 Å². The monoisotopic (exact) mass is 1800 g/mol. The van der Waals surface area contributed by atoms with Crippen molar-refractivity contribution in [3.8, 4) is 51.4 Å². The van der Waals surface area contributed by atoms with E-state index in [4.69, 9.17) is 50.5 Å². The molecule has 39 heteroatoms. The molecule has 11 bridgehead atoms. The summed E-state index contributed by atoms with van der Waals surface area (Å²) >= 11 is 7.21. The van der Waals surface area contributed by atoms with E-state index in [1.807, 2.05) is 26.0 Å². The minimum atomic E-state index is -3.77. The first-order valence-corrected chi connectivity index (χ1v) is 44.1. The van der Waals surface area contributed by atoms with Crippen LogP contribution in [-0.4, -0.2) is 208 Å². The number of primary amides is 1. The highest BCUT2D eigenvalue weighted by molar-refractivity contribution is 7.89. The molecule has 37 nitrogen and oxygen atoms in total. The molecule has 0 aliphatic carbocycles. The summed E-state index contributed by atoms with van der Waals surface area (Å²) in [5.41, 5.74) is 4.55. The second kappa shape index (κ2) is 41.1. The van der Waals surface area contributed by atoms with Crippen LogP contribution in [0.2, 0.25) is 5.02 Å². The van der Waals surface area contributed by atoms with E-state index < -0.39 is 225 Å². The largest absolute Gasteiger partial charge is 0.508 e. The maximum Gasteiger partial charge on any atom is 0.408 e. The number of halogens is 1. The number of unbranched alkanes of at least 4 members (excludes halogenated alkanes) is 6. The molecule has 8 heterocycles. The van der Waals surface area contributed by atoms with Gasteiger partial charge in [0.05, 0.1) is 40.6 Å². The number of alkyl carbamates (subject to hydrolysis) is 1. The van der Waals surface area contributed by atoms with E-state index in [0.717, 1.165) is 68.0 Å². The Labute approximate surface area is 737 Å². The van der Waals surface area contributed by atoms with Crippen LogP contribution in [0.5, 0.6) is 40.2 Å². The van der Waals surface area contributed by atoms with Gasteiger partial charge in [-0.2, -0.15) is 0 Å². The predicted molar refractivity (Wildman–Crippen MR) is 455 cm³/mol. The van der Waals surface area contributed by atoms with Crippen LogP contribution < -0.4 is 72.5 Å². The summed E-state index contributed by atoms with van der Waals surface area (Å²) in [6, 6.07) is 7.06. The minimum Gasteiger partial charge on any atom is -0.508 e. The van der Waals surface area contributed by atoms with E-state index in [1.54, 1.807) is 26.0 Å². The average molecular weight is 1810 g/mol. The fourth-order valence-electron chi connectivity index (χ4n) is 16.7. The summed E-state index contributed by atoms with van der Waals surface area (Å²) in [5.74, 6) is -13.9. The molecule has 14 rings (SSSR count). The van der Waals surface area contributed by atoms with Gasteiger partial charge in [0, 0.05) is 30.6 Å². The first kappa shape index (κ1) is 95.3. The Morgan fingerprint density at radius 2 is 1.36 bits per heavy atom. The zero-order valence-electron chi connectivity index (χ0n) is 71.2. The van der Waals surface area contributed by atoms with E-state index in [2.05, 4.69) is 59.5 Å². The van der Waals surface area contributed by atoms with Gasteiger partial charge >= 0.3 is 12.1 Å². The highest BCUT2D eigenvalue weighted by Gasteiger charge is 2.56. The van der Waals surface area contributed by atoms with Gasteiger partial charge in [-0.05, 0) is 196 Å². The van der Waals surface area contributed by atoms with Crippen molar-refractivity contribution in [1.29, 1.82) is 0 Å². The molecule has 8 aliphatic rings. The number of hydrogen-bond acceptors (Lipinski definition) is 27. The number of aliphatic hydroxyl groups is 5. The number of phenols is 2. The quantitative estimate of drug-likeness (QED) is 0.0277. The lowest BCUT2D eigenvalue weighted by atomic mass is 9.85. The fourth-order valence-corrected chi connectivity index (χ4v) is 18.0. The summed E-state index contributed by atoms with van der Waals surface area (Å²) in [7, 11) is -2.28. The fraction of sp³-hybridized carbons (Fsp3) is 0.489. The smallest absolute Gasteiger partial charge is 0.408 e. The number of rotatable bonds is 29. The van der Waals surface area contributed by atoms with Crippen molar-refractivity contribution in [2.45, 2.75) is 246 Å². The van der Waals surface area contributed by atoms with Crippen LogP contribution >= 0.6 is 11.6 Å². The molecular formula is C88H110ClN11O26S. The third kappa shape index (κ3) is 22.0. The molecule has 686 valence electrons. The minimum absolute atomic E-state index is 0.0326. The van der Waals surface area contributed by atoms with Crippen molar-refractivity contribution in [1.82, 2.24) is 52.6 Å². The Morgan fingerprint density at radius 3 is 2.02 bits per heavy atom. The van der Waals surface area contributed by atoms with Gasteiger partial charge in [-0.15, -0.1) is 0 Å². The highest BCUT2D eigenvalue weighted by atomic mass is 35.5. The number of likely N-dealkylation sites (N-methyl/N-ethyl adjacent to an activating group) is 1. The van der Waals surface area contributed by atoms with Gasteiger partial charge in [-0.3, -0.25) is 33.6 Å². The Balaban J connectivity index is 0.970. The van der Waals surface area contributed by atoms with Crippen molar-refractivity contribution in [3.05, 3.63) is 152 Å². The van der Waals surface area contributed by atoms with E-state index in [9.17, 15) is 68.4 Å². The Bertz CT molecular complexity index is 5220. The second-order valence-electron chi connectivity index (χ2n) is 33.4. The van der Waals surface area contributed by atoms with Crippen LogP contribution in [0, 0.1) is 19.8 Å². The van der Waals surface area contributed by atoms with E-state index in [1.165, 1.54) is 63.4 Å². The third-order valence-corrected chi connectivity index (χ3v) is 25.3. The van der Waals surface area contributed by atoms with Crippen molar-refractivity contribution >= 4 is 75.0 Å². The molecule has 127 heavy (non-hydrogen) atoms. The second-order valence-corrected chi connectivity index (χ2v) is 35.6. The molecule has 6 aromatic rings. The number of nitrogens with one attached hydrogen (secondary N) is 10. The lowest BCUT2D eigenvalue weighted by Crippen LogP contribution is -2.63. The summed E-state index contributed by atoms with van der Waals surface area (Å²) in [6.45, 7) is 11.6. The highest BCUT2D eigenvalue weighted by Crippen LogP contribution is 2.50. The lowest BCUT2D eigenvalue weighted by Gasteiger charge is -2.46. The van der Waals surface area contributed by atoms with E-state index >= 15 is 24.0 Å². The molecule has 8 aliphatic heterocycles. The molecule has 3 saturated heterocycles. The van der Waals surface area contributed by atoms with Gasteiger partial charge in [0.25, 0.3) is 0 Å². The molecule has 20 N–H and O–H groups in total. The number of carboxylic acid groups (broad SMARTS) is 1. The zero-order valence-corrected chi connectivity index (χ0v) is 72.8. The number of amides is 8. The van der Waals surface area contributed by atoms with Gasteiger partial charge in [0.2, 0.25) is 63.4 Å². The normalized spacial score (nSPS) is 26.3. The molecular weight excluding hydrogens is 1690 g/mol. The number of carbonyl (C=O) groups excluding carboxylic acids is 8. The third-order valence-electron chi connectivity index (χ3n) is 23.6. The van der Waals surface area contributed by atoms with Gasteiger partial charge in [0.15, 0.2) is 36.0 Å². The number of carboxylic acids is 1. The standard InChI is InChI=1S/C88H110ClN11O26S/c1-9-10-11-14-17-45-18-23-50(24-19-45)127(118,119)93-29-16-13-12-15-28-92-39-53-43(5)66-51-32-46(20-25-57(51)102)67-81(111)99-71(84(114)97-69(85(115)116)52(66)36-58(53)103)73(106)48-22-27-60(54(89)33-48)122-62-35-49-34-61(76(62)125-86-77(75(108)74(107)63(40-101)123-86)124-65-38-88(7)78(44(6)120-65)126-87(117)100-88)121-59-26-21-47(31-42(59)4)72(105)70(98-79(109)55(91-8)30-41(2)3)83(113)94-56(37-64(90)104)80(110)95-68(49)82(112)96-67/h18-27,31-36,41,44,55-56,63,65,67-75,77-78,86,91-93,101-103,105-108H,9-17,28-30,37-40H2,1-8H3,(H2,90,104)(H,94,113)(H,95,110)(H,96,112)(H,97,114)(H,98,109)(H,99,111)(H,100,117)(H,115,116)/t44-,55+,56-,63+,65-,67+,68+,69-,70+,71-,72+,73+,74+,75-,77+,78+,86-,88-/m0/s1. The number of ether oxygens (including phenoxy) is 7. The number of benzene rings is 6. The number of aliphatic hydroxyl groups excluding tert-OH is 5. The maximum absolute atomic E-state index is 16.5. The Morgan fingerprint density at radius 1 is 0.709 bits per heavy atom. The summed E-state index contributed by atoms with van der Waals surface area (Å²) in [6.07, 6.45) is -10.9. The number of carbonyl (C=O) groups is 9. The van der Waals surface area contributed by atoms with Gasteiger partial charge in [-0.1, -0.05) is 94.8 Å². The van der Waals surface area contributed by atoms with Crippen molar-refractivity contribution in [2.24, 2.45) is 11.7 Å². The maximum atomic E-state index is 16.5.